The normalized spacial score (nSPS) is 27.0. The van der Waals surface area contributed by atoms with E-state index in [1.807, 2.05) is 6.07 Å². The van der Waals surface area contributed by atoms with E-state index in [2.05, 4.69) is 31.3 Å². The summed E-state index contributed by atoms with van der Waals surface area (Å²) in [7, 11) is 0. The molecule has 3 rings (SSSR count). The van der Waals surface area contributed by atoms with Crippen molar-refractivity contribution in [2.45, 2.75) is 51.9 Å². The van der Waals surface area contributed by atoms with Crippen molar-refractivity contribution in [1.29, 1.82) is 0 Å². The van der Waals surface area contributed by atoms with Crippen molar-refractivity contribution in [3.05, 3.63) is 34.9 Å². The van der Waals surface area contributed by atoms with Gasteiger partial charge in [-0.15, -0.1) is 0 Å². The number of carbonyl (C=O) groups is 2. The summed E-state index contributed by atoms with van der Waals surface area (Å²) in [6, 6.07) is 6.23. The van der Waals surface area contributed by atoms with Crippen molar-refractivity contribution < 1.29 is 9.59 Å². The molecule has 1 aromatic carbocycles. The number of amides is 2. The predicted molar refractivity (Wildman–Crippen MR) is 81.9 cm³/mol. The van der Waals surface area contributed by atoms with Gasteiger partial charge in [0.1, 0.15) is 0 Å². The van der Waals surface area contributed by atoms with E-state index in [4.69, 9.17) is 0 Å². The highest BCUT2D eigenvalue weighted by atomic mass is 16.2. The van der Waals surface area contributed by atoms with Gasteiger partial charge >= 0.3 is 0 Å². The second-order valence-electron chi connectivity index (χ2n) is 6.58. The number of imide groups is 1. The van der Waals surface area contributed by atoms with Crippen molar-refractivity contribution >= 4 is 11.8 Å². The van der Waals surface area contributed by atoms with Crippen LogP contribution >= 0.6 is 0 Å². The zero-order valence-electron chi connectivity index (χ0n) is 12.8. The van der Waals surface area contributed by atoms with Gasteiger partial charge in [-0.3, -0.25) is 14.9 Å². The molecule has 3 heteroatoms. The van der Waals surface area contributed by atoms with Crippen LogP contribution in [0.2, 0.25) is 0 Å². The van der Waals surface area contributed by atoms with Crippen LogP contribution in [0.1, 0.15) is 54.7 Å². The van der Waals surface area contributed by atoms with Gasteiger partial charge in [0.05, 0.1) is 0 Å². The number of carbonyl (C=O) groups excluding carboxylic acids is 2. The number of hydrogen-bond acceptors (Lipinski definition) is 2. The zero-order chi connectivity index (χ0) is 15.0. The molecule has 0 spiro atoms. The Morgan fingerprint density at radius 2 is 1.81 bits per heavy atom. The summed E-state index contributed by atoms with van der Waals surface area (Å²) in [6.45, 7) is 4.20. The minimum absolute atomic E-state index is 0.0364. The van der Waals surface area contributed by atoms with Gasteiger partial charge in [-0.1, -0.05) is 31.0 Å². The molecule has 2 unspecified atom stereocenters. The van der Waals surface area contributed by atoms with E-state index in [1.54, 1.807) is 0 Å². The maximum Gasteiger partial charge on any atom is 0.230 e. The molecule has 1 N–H and O–H groups in total. The second-order valence-corrected chi connectivity index (χ2v) is 6.58. The fraction of sp³-hybridized carbons (Fsp3) is 0.556. The van der Waals surface area contributed by atoms with E-state index < -0.39 is 0 Å². The standard InChI is InChI=1S/C18H23NO2/c1-11-6-5-9-14(12(11)2)15-10-16(20)19-18(21)17(15)13-7-3-4-8-13/h5-6,9,13,15,17H,3-4,7-8,10H2,1-2H3,(H,19,20,21). The van der Waals surface area contributed by atoms with E-state index in [0.717, 1.165) is 12.8 Å². The molecular weight excluding hydrogens is 262 g/mol. The Kier molecular flexibility index (Phi) is 3.83. The van der Waals surface area contributed by atoms with Crippen molar-refractivity contribution in [3.63, 3.8) is 0 Å². The molecule has 21 heavy (non-hydrogen) atoms. The minimum atomic E-state index is -0.125. The molecule has 0 bridgehead atoms. The monoisotopic (exact) mass is 285 g/mol. The molecule has 3 nitrogen and oxygen atoms in total. The maximum atomic E-state index is 12.4. The van der Waals surface area contributed by atoms with Crippen LogP contribution in [0, 0.1) is 25.7 Å². The van der Waals surface area contributed by atoms with Crippen LogP contribution in [0.4, 0.5) is 0 Å². The molecule has 1 aliphatic carbocycles. The Morgan fingerprint density at radius 3 is 2.52 bits per heavy atom. The Morgan fingerprint density at radius 1 is 1.10 bits per heavy atom. The zero-order valence-corrected chi connectivity index (χ0v) is 12.8. The molecule has 1 heterocycles. The summed E-state index contributed by atoms with van der Waals surface area (Å²) in [5.74, 6) is 0.271. The largest absolute Gasteiger partial charge is 0.296 e. The topological polar surface area (TPSA) is 46.2 Å². The maximum absolute atomic E-state index is 12.4. The first kappa shape index (κ1) is 14.3. The van der Waals surface area contributed by atoms with E-state index in [9.17, 15) is 9.59 Å². The van der Waals surface area contributed by atoms with Crippen LogP contribution in [0.5, 0.6) is 0 Å². The third-order valence-electron chi connectivity index (χ3n) is 5.36. The van der Waals surface area contributed by atoms with Crippen LogP contribution in [0.15, 0.2) is 18.2 Å². The fourth-order valence-corrected chi connectivity index (χ4v) is 4.12. The van der Waals surface area contributed by atoms with Gasteiger partial charge in [0.2, 0.25) is 11.8 Å². The number of nitrogens with one attached hydrogen (secondary N) is 1. The lowest BCUT2D eigenvalue weighted by Crippen LogP contribution is -2.47. The third kappa shape index (κ3) is 2.61. The Balaban J connectivity index is 2.00. The first-order valence-corrected chi connectivity index (χ1v) is 7.97. The predicted octanol–water partition coefficient (Wildman–Crippen LogP) is 3.24. The number of aryl methyl sites for hydroxylation is 1. The second kappa shape index (κ2) is 5.63. The molecule has 1 aliphatic heterocycles. The third-order valence-corrected chi connectivity index (χ3v) is 5.36. The first-order chi connectivity index (χ1) is 10.1. The lowest BCUT2D eigenvalue weighted by Gasteiger charge is -2.35. The summed E-state index contributed by atoms with van der Waals surface area (Å²) in [5, 5.41) is 2.56. The van der Waals surface area contributed by atoms with Gasteiger partial charge < -0.3 is 0 Å². The van der Waals surface area contributed by atoms with Gasteiger partial charge in [-0.05, 0) is 49.3 Å². The lowest BCUT2D eigenvalue weighted by atomic mass is 9.71. The number of benzene rings is 1. The average molecular weight is 285 g/mol. The molecule has 2 aliphatic rings. The minimum Gasteiger partial charge on any atom is -0.296 e. The smallest absolute Gasteiger partial charge is 0.230 e. The number of piperidine rings is 1. The first-order valence-electron chi connectivity index (χ1n) is 7.97. The summed E-state index contributed by atoms with van der Waals surface area (Å²) >= 11 is 0. The van der Waals surface area contributed by atoms with E-state index in [-0.39, 0.29) is 23.7 Å². The van der Waals surface area contributed by atoms with Gasteiger partial charge in [-0.25, -0.2) is 0 Å². The molecule has 2 atom stereocenters. The SMILES string of the molecule is Cc1cccc(C2CC(=O)NC(=O)C2C2CCCC2)c1C. The molecule has 1 saturated heterocycles. The van der Waals surface area contributed by atoms with E-state index in [1.165, 1.54) is 29.5 Å². The average Bonchev–Trinajstić information content (AvgIpc) is 2.94. The van der Waals surface area contributed by atoms with Crippen LogP contribution in [-0.4, -0.2) is 11.8 Å². The van der Waals surface area contributed by atoms with Gasteiger partial charge in [-0.2, -0.15) is 0 Å². The van der Waals surface area contributed by atoms with Crippen LogP contribution in [0.3, 0.4) is 0 Å². The summed E-state index contributed by atoms with van der Waals surface area (Å²) in [6.07, 6.45) is 5.10. The van der Waals surface area contributed by atoms with Crippen molar-refractivity contribution in [1.82, 2.24) is 5.32 Å². The molecule has 0 aromatic heterocycles. The molecule has 112 valence electrons. The van der Waals surface area contributed by atoms with Crippen molar-refractivity contribution in [2.24, 2.45) is 11.8 Å². The molecular formula is C18H23NO2. The van der Waals surface area contributed by atoms with E-state index >= 15 is 0 Å². The molecule has 0 radical (unpaired) electrons. The van der Waals surface area contributed by atoms with Crippen molar-refractivity contribution in [2.75, 3.05) is 0 Å². The van der Waals surface area contributed by atoms with Crippen LogP contribution in [0.25, 0.3) is 0 Å². The van der Waals surface area contributed by atoms with Crippen LogP contribution in [-0.2, 0) is 9.59 Å². The highest BCUT2D eigenvalue weighted by Gasteiger charge is 2.42. The van der Waals surface area contributed by atoms with Gasteiger partial charge in [0.15, 0.2) is 0 Å². The Hall–Kier alpha value is -1.64. The lowest BCUT2D eigenvalue weighted by molar-refractivity contribution is -0.138. The van der Waals surface area contributed by atoms with E-state index in [0.29, 0.717) is 12.3 Å². The molecule has 2 fully saturated rings. The Labute approximate surface area is 126 Å². The summed E-state index contributed by atoms with van der Waals surface area (Å²) < 4.78 is 0. The molecule has 1 saturated carbocycles. The highest BCUT2D eigenvalue weighted by Crippen LogP contribution is 2.43. The van der Waals surface area contributed by atoms with Gasteiger partial charge in [0, 0.05) is 18.3 Å². The van der Waals surface area contributed by atoms with Crippen molar-refractivity contribution in [3.8, 4) is 0 Å². The summed E-state index contributed by atoms with van der Waals surface area (Å²) in [4.78, 5) is 24.3. The summed E-state index contributed by atoms with van der Waals surface area (Å²) in [5.41, 5.74) is 3.65. The number of hydrogen-bond donors (Lipinski definition) is 1. The highest BCUT2D eigenvalue weighted by molar-refractivity contribution is 6.00. The fourth-order valence-electron chi connectivity index (χ4n) is 4.12. The molecule has 1 aromatic rings. The Bertz CT molecular complexity index is 573. The molecule has 2 amide bonds. The number of rotatable bonds is 2. The van der Waals surface area contributed by atoms with Crippen LogP contribution < -0.4 is 5.32 Å². The quantitative estimate of drug-likeness (QED) is 0.848. The van der Waals surface area contributed by atoms with Gasteiger partial charge in [0.25, 0.3) is 0 Å².